The average Bonchev–Trinajstić information content (AvgIpc) is 2.92. The van der Waals surface area contributed by atoms with E-state index >= 15 is 0 Å². The molecule has 0 spiro atoms. The van der Waals surface area contributed by atoms with Gasteiger partial charge in [-0.2, -0.15) is 0 Å². The first kappa shape index (κ1) is 21.1. The Balaban J connectivity index is 1.73. The van der Waals surface area contributed by atoms with E-state index in [4.69, 9.17) is 5.11 Å². The lowest BCUT2D eigenvalue weighted by Gasteiger charge is -2.26. The molecule has 0 radical (unpaired) electrons. The molecule has 3 rings (SSSR count). The molecule has 0 aliphatic carbocycles. The zero-order valence-corrected chi connectivity index (χ0v) is 16.8. The minimum absolute atomic E-state index is 0.223. The van der Waals surface area contributed by atoms with Crippen LogP contribution in [-0.2, 0) is 23.1 Å². The maximum absolute atomic E-state index is 12.9. The summed E-state index contributed by atoms with van der Waals surface area (Å²) in [5.41, 5.74) is 2.44. The van der Waals surface area contributed by atoms with Gasteiger partial charge in [-0.3, -0.25) is 18.7 Å². The molecule has 1 saturated heterocycles. The minimum Gasteiger partial charge on any atom is -0.481 e. The molecule has 1 aromatic carbocycles. The molecule has 3 N–H and O–H groups in total. The van der Waals surface area contributed by atoms with Crippen LogP contribution in [0.15, 0.2) is 23.0 Å². The van der Waals surface area contributed by atoms with Crippen LogP contribution in [0.4, 0.5) is 0 Å². The van der Waals surface area contributed by atoms with Crippen molar-refractivity contribution in [2.24, 2.45) is 7.05 Å². The number of aryl methyl sites for hydroxylation is 2. The maximum atomic E-state index is 12.9. The summed E-state index contributed by atoms with van der Waals surface area (Å²) in [4.78, 5) is 35.8. The van der Waals surface area contributed by atoms with Gasteiger partial charge in [-0.25, -0.2) is 4.79 Å². The number of hydrogen-bond acceptors (Lipinski definition) is 4. The number of aliphatic hydroxyl groups excluding tert-OH is 1. The lowest BCUT2D eigenvalue weighted by molar-refractivity contribution is -0.137. The van der Waals surface area contributed by atoms with Gasteiger partial charge in [0.1, 0.15) is 12.3 Å². The van der Waals surface area contributed by atoms with Crippen molar-refractivity contribution < 1.29 is 19.8 Å². The molecule has 1 aliphatic heterocycles. The molecule has 1 amide bonds. The van der Waals surface area contributed by atoms with Gasteiger partial charge in [-0.15, -0.1) is 0 Å². The largest absolute Gasteiger partial charge is 0.481 e. The Hall–Kier alpha value is -2.61. The molecular weight excluding hydrogens is 374 g/mol. The van der Waals surface area contributed by atoms with E-state index in [9.17, 15) is 19.5 Å². The molecule has 8 heteroatoms. The fraction of sp³-hybridized carbons (Fsp3) is 0.571. The summed E-state index contributed by atoms with van der Waals surface area (Å²) in [5.74, 6) is -1.08. The molecule has 0 saturated carbocycles. The van der Waals surface area contributed by atoms with Crippen molar-refractivity contribution in [3.63, 3.8) is 0 Å². The Morgan fingerprint density at radius 3 is 2.59 bits per heavy atom. The number of carboxylic acid groups (broad SMARTS) is 1. The van der Waals surface area contributed by atoms with E-state index in [1.54, 1.807) is 16.2 Å². The third-order valence-corrected chi connectivity index (χ3v) is 5.66. The van der Waals surface area contributed by atoms with Crippen molar-refractivity contribution in [1.29, 1.82) is 0 Å². The molecule has 8 nitrogen and oxygen atoms in total. The number of hydrogen-bond donors (Lipinski definition) is 3. The predicted octanol–water partition coefficient (Wildman–Crippen LogP) is 2.08. The van der Waals surface area contributed by atoms with Crippen LogP contribution in [0.25, 0.3) is 11.0 Å². The van der Waals surface area contributed by atoms with Gasteiger partial charge in [0.05, 0.1) is 11.0 Å². The van der Waals surface area contributed by atoms with Crippen LogP contribution in [-0.4, -0.2) is 37.5 Å². The second-order valence-corrected chi connectivity index (χ2v) is 7.78. The molecular formula is C21H29N3O5. The Kier molecular flexibility index (Phi) is 6.74. The lowest BCUT2D eigenvalue weighted by Crippen LogP contribution is -2.46. The highest BCUT2D eigenvalue weighted by Gasteiger charge is 2.31. The van der Waals surface area contributed by atoms with E-state index in [0.29, 0.717) is 19.3 Å². The number of rotatable bonds is 9. The SMILES string of the molecule is Cn1c(=O)n(C2CCC(O)NC2=O)c2cccc(CCCCCCCC(=O)O)c21. The number of fused-ring (bicyclic) bond motifs is 1. The molecule has 2 heterocycles. The monoisotopic (exact) mass is 403 g/mol. The number of benzene rings is 1. The van der Waals surface area contributed by atoms with E-state index in [-0.39, 0.29) is 18.0 Å². The number of unbranched alkanes of at least 4 members (excludes halogenated alkanes) is 4. The van der Waals surface area contributed by atoms with Crippen molar-refractivity contribution in [3.8, 4) is 0 Å². The van der Waals surface area contributed by atoms with Crippen molar-refractivity contribution in [2.45, 2.75) is 70.1 Å². The molecule has 2 atom stereocenters. The highest BCUT2D eigenvalue weighted by Crippen LogP contribution is 2.26. The maximum Gasteiger partial charge on any atom is 0.329 e. The number of aliphatic carboxylic acids is 1. The van der Waals surface area contributed by atoms with Crippen LogP contribution in [0.2, 0.25) is 0 Å². The number of amides is 1. The third kappa shape index (κ3) is 4.70. The molecule has 0 bridgehead atoms. The summed E-state index contributed by atoms with van der Waals surface area (Å²) in [7, 11) is 1.73. The number of carboxylic acids is 1. The van der Waals surface area contributed by atoms with Crippen molar-refractivity contribution in [3.05, 3.63) is 34.2 Å². The van der Waals surface area contributed by atoms with E-state index in [1.165, 1.54) is 0 Å². The minimum atomic E-state index is -0.851. The predicted molar refractivity (Wildman–Crippen MR) is 109 cm³/mol. The number of piperidine rings is 1. The van der Waals surface area contributed by atoms with Gasteiger partial charge in [-0.05, 0) is 43.7 Å². The summed E-state index contributed by atoms with van der Waals surface area (Å²) in [5, 5.41) is 20.8. The standard InChI is InChI=1S/C21H29N3O5/c1-23-19-14(8-5-3-2-4-6-11-18(26)27)9-7-10-15(19)24(21(23)29)16-12-13-17(25)22-20(16)28/h7,9-10,16-17,25H,2-6,8,11-13H2,1H3,(H,22,28)(H,26,27). The van der Waals surface area contributed by atoms with Crippen LogP contribution < -0.4 is 11.0 Å². The topological polar surface area (TPSA) is 114 Å². The first-order chi connectivity index (χ1) is 13.9. The van der Waals surface area contributed by atoms with Gasteiger partial charge in [0, 0.05) is 13.5 Å². The van der Waals surface area contributed by atoms with E-state index < -0.39 is 18.2 Å². The van der Waals surface area contributed by atoms with Crippen LogP contribution in [0.1, 0.15) is 63.0 Å². The fourth-order valence-electron chi connectivity index (χ4n) is 4.17. The van der Waals surface area contributed by atoms with Gasteiger partial charge in [0.2, 0.25) is 5.91 Å². The summed E-state index contributed by atoms with van der Waals surface area (Å²) in [6, 6.07) is 5.18. The van der Waals surface area contributed by atoms with Crippen molar-refractivity contribution in [1.82, 2.24) is 14.5 Å². The summed E-state index contributed by atoms with van der Waals surface area (Å²) < 4.78 is 3.15. The highest BCUT2D eigenvalue weighted by atomic mass is 16.4. The first-order valence-electron chi connectivity index (χ1n) is 10.3. The number of nitrogens with zero attached hydrogens (tertiary/aromatic N) is 2. The van der Waals surface area contributed by atoms with Gasteiger partial charge in [-0.1, -0.05) is 31.4 Å². The Morgan fingerprint density at radius 2 is 1.86 bits per heavy atom. The van der Waals surface area contributed by atoms with E-state index in [1.807, 2.05) is 18.2 Å². The smallest absolute Gasteiger partial charge is 0.329 e. The fourth-order valence-corrected chi connectivity index (χ4v) is 4.17. The van der Waals surface area contributed by atoms with Crippen LogP contribution >= 0.6 is 0 Å². The van der Waals surface area contributed by atoms with Crippen molar-refractivity contribution in [2.75, 3.05) is 0 Å². The number of para-hydroxylation sites is 1. The quantitative estimate of drug-likeness (QED) is 0.555. The summed E-state index contributed by atoms with van der Waals surface area (Å²) in [6.45, 7) is 0. The summed E-state index contributed by atoms with van der Waals surface area (Å²) >= 11 is 0. The third-order valence-electron chi connectivity index (χ3n) is 5.66. The molecule has 29 heavy (non-hydrogen) atoms. The first-order valence-corrected chi connectivity index (χ1v) is 10.3. The number of imidazole rings is 1. The molecule has 1 aliphatic rings. The highest BCUT2D eigenvalue weighted by molar-refractivity contribution is 5.86. The molecule has 1 fully saturated rings. The summed E-state index contributed by atoms with van der Waals surface area (Å²) in [6.07, 6.45) is 5.62. The lowest BCUT2D eigenvalue weighted by atomic mass is 10.0. The van der Waals surface area contributed by atoms with Crippen molar-refractivity contribution >= 4 is 22.9 Å². The van der Waals surface area contributed by atoms with E-state index in [2.05, 4.69) is 5.32 Å². The van der Waals surface area contributed by atoms with Gasteiger partial charge < -0.3 is 15.5 Å². The molecule has 2 unspecified atom stereocenters. The van der Waals surface area contributed by atoms with Gasteiger partial charge >= 0.3 is 11.7 Å². The van der Waals surface area contributed by atoms with Gasteiger partial charge in [0.15, 0.2) is 0 Å². The Bertz CT molecular complexity index is 946. The second-order valence-electron chi connectivity index (χ2n) is 7.78. The van der Waals surface area contributed by atoms with Crippen LogP contribution in [0, 0.1) is 0 Å². The number of carbonyl (C=O) groups is 2. The number of nitrogens with one attached hydrogen (secondary N) is 1. The normalized spacial score (nSPS) is 19.4. The number of aliphatic hydroxyl groups is 1. The van der Waals surface area contributed by atoms with Crippen LogP contribution in [0.5, 0.6) is 0 Å². The average molecular weight is 403 g/mol. The number of aromatic nitrogens is 2. The Morgan fingerprint density at radius 1 is 1.14 bits per heavy atom. The molecule has 158 valence electrons. The second kappa shape index (κ2) is 9.26. The zero-order valence-electron chi connectivity index (χ0n) is 16.8. The number of carbonyl (C=O) groups excluding carboxylic acids is 1. The van der Waals surface area contributed by atoms with Crippen LogP contribution in [0.3, 0.4) is 0 Å². The van der Waals surface area contributed by atoms with E-state index in [0.717, 1.165) is 48.7 Å². The molecule has 2 aromatic rings. The zero-order chi connectivity index (χ0) is 21.0. The van der Waals surface area contributed by atoms with Gasteiger partial charge in [0.25, 0.3) is 0 Å². The Labute approximate surface area is 169 Å². The molecule has 1 aromatic heterocycles.